The van der Waals surface area contributed by atoms with Gasteiger partial charge >= 0.3 is 98.7 Å². The maximum atomic E-state index is 9.08. The van der Waals surface area contributed by atoms with Crippen molar-refractivity contribution >= 4 is 7.94 Å². The van der Waals surface area contributed by atoms with Crippen molar-refractivity contribution in [3.8, 4) is 0 Å². The molecule has 0 aliphatic carbocycles. The molecule has 4 rings (SSSR count). The van der Waals surface area contributed by atoms with Crippen LogP contribution >= 0.6 is 7.94 Å². The van der Waals surface area contributed by atoms with Crippen LogP contribution in [0.4, 0.5) is 0 Å². The number of hydrogen-bond acceptors (Lipinski definition) is 3. The Hall–Kier alpha value is -3.07. The van der Waals surface area contributed by atoms with E-state index in [4.69, 9.17) is 14.7 Å². The fourth-order valence-corrected chi connectivity index (χ4v) is 8.27. The van der Waals surface area contributed by atoms with Crippen LogP contribution in [-0.4, -0.2) is 20.8 Å². The molecule has 0 aliphatic rings. The zero-order valence-corrected chi connectivity index (χ0v) is 33.6. The monoisotopic (exact) mass is 722 g/mol. The van der Waals surface area contributed by atoms with E-state index in [1.54, 1.807) is 0 Å². The Morgan fingerprint density at radius 2 is 0.788 bits per heavy atom. The van der Waals surface area contributed by atoms with Crippen LogP contribution in [0, 0.1) is 0 Å². The maximum Gasteiger partial charge on any atom is 0.0146 e. The second-order valence-electron chi connectivity index (χ2n) is 16.0. The second-order valence-corrected chi connectivity index (χ2v) is 18.1. The van der Waals surface area contributed by atoms with E-state index >= 15 is 0 Å². The van der Waals surface area contributed by atoms with Crippen molar-refractivity contribution in [3.05, 3.63) is 155 Å². The predicted octanol–water partition coefficient (Wildman–Crippen LogP) is 13.0. The number of rotatable bonds is 23. The third-order valence-corrected chi connectivity index (χ3v) is 12.2. The van der Waals surface area contributed by atoms with Gasteiger partial charge < -0.3 is 0 Å². The van der Waals surface area contributed by atoms with Crippen molar-refractivity contribution in [2.24, 2.45) is 0 Å². The minimum absolute atomic E-state index is 0.0453. The first kappa shape index (κ1) is 41.7. The first-order valence-electron chi connectivity index (χ1n) is 20.1. The van der Waals surface area contributed by atoms with Gasteiger partial charge in [-0.2, -0.15) is 0 Å². The molecule has 0 radical (unpaired) electrons. The van der Waals surface area contributed by atoms with E-state index in [0.29, 0.717) is 12.3 Å². The minimum atomic E-state index is -3.83. The average molecular weight is 723 g/mol. The van der Waals surface area contributed by atoms with E-state index in [2.05, 4.69) is 149 Å². The van der Waals surface area contributed by atoms with Crippen LogP contribution in [0.5, 0.6) is 0 Å². The van der Waals surface area contributed by atoms with Gasteiger partial charge in [-0.05, 0) is 39.8 Å². The van der Waals surface area contributed by atoms with Crippen molar-refractivity contribution in [1.29, 1.82) is 0 Å². The Morgan fingerprint density at radius 1 is 0.442 bits per heavy atom. The summed E-state index contributed by atoms with van der Waals surface area (Å²) in [4.78, 5) is 27.2. The molecular formula is C48H67O3P. The van der Waals surface area contributed by atoms with Crippen molar-refractivity contribution < 1.29 is 14.7 Å². The van der Waals surface area contributed by atoms with E-state index in [1.807, 2.05) is 0 Å². The Kier molecular flexibility index (Phi) is 16.8. The molecule has 282 valence electrons. The van der Waals surface area contributed by atoms with Crippen molar-refractivity contribution in [2.45, 2.75) is 134 Å². The van der Waals surface area contributed by atoms with Gasteiger partial charge in [-0.3, -0.25) is 0 Å². The molecule has 0 fully saturated rings. The largest absolute Gasteiger partial charge is 0.0622 e. The molecule has 3 nitrogen and oxygen atoms in total. The number of benzene rings is 4. The Morgan fingerprint density at radius 3 is 1.19 bits per heavy atom. The Labute approximate surface area is 316 Å². The van der Waals surface area contributed by atoms with Gasteiger partial charge in [0.2, 0.25) is 0 Å². The summed E-state index contributed by atoms with van der Waals surface area (Å²) >= 11 is 0. The first-order valence-corrected chi connectivity index (χ1v) is 22.2. The van der Waals surface area contributed by atoms with E-state index in [0.717, 1.165) is 25.7 Å². The molecular weight excluding hydrogens is 655 g/mol. The molecule has 0 saturated heterocycles. The van der Waals surface area contributed by atoms with Crippen LogP contribution in [0.15, 0.2) is 121 Å². The van der Waals surface area contributed by atoms with E-state index in [1.165, 1.54) is 91.2 Å². The smallest absolute Gasteiger partial charge is 0.0146 e. The van der Waals surface area contributed by atoms with Gasteiger partial charge in [0.05, 0.1) is 0 Å². The molecule has 0 bridgehead atoms. The topological polar surface area (TPSA) is 60.7 Å². The number of unbranched alkanes of at least 4 members (excludes halogenated alkanes) is 11. The first-order chi connectivity index (χ1) is 25.0. The zero-order valence-electron chi connectivity index (χ0n) is 32.6. The van der Waals surface area contributed by atoms with Gasteiger partial charge in [0.15, 0.2) is 0 Å². The number of allylic oxidation sites excluding steroid dienone is 2. The van der Waals surface area contributed by atoms with Gasteiger partial charge in [-0.15, -0.1) is 0 Å². The molecule has 3 N–H and O–H groups in total. The fraction of sp³-hybridized carbons (Fsp3) is 0.458. The standard InChI is InChI=1S/C48H67O3P/c1-47(2,42-26-20-18-21-27-42)44-35-31-40(32-36-44)46(41-33-37-45(38-34-41)48(3,4)43-28-22-19-23-29-43)30-24-16-14-12-10-8-6-5-7-9-11-13-15-17-25-39-52(49,50)51/h5-6,18-23,26-29,31-38,46,49-52H,7-17,24-25,30,39H2,1-4H3/b6-5+. The summed E-state index contributed by atoms with van der Waals surface area (Å²) < 4.78 is 0. The molecule has 0 atom stereocenters. The van der Waals surface area contributed by atoms with Crippen LogP contribution in [0.1, 0.15) is 157 Å². The summed E-state index contributed by atoms with van der Waals surface area (Å²) in [5.74, 6) is 0.383. The summed E-state index contributed by atoms with van der Waals surface area (Å²) in [5, 5.41) is 0. The molecule has 0 aliphatic heterocycles. The Bertz CT molecular complexity index is 1470. The van der Waals surface area contributed by atoms with Crippen molar-refractivity contribution in [2.75, 3.05) is 6.16 Å². The molecule has 0 heterocycles. The molecule has 0 unspecified atom stereocenters. The summed E-state index contributed by atoms with van der Waals surface area (Å²) in [5.41, 5.74) is 8.13. The second kappa shape index (κ2) is 21.0. The van der Waals surface area contributed by atoms with Crippen LogP contribution in [-0.2, 0) is 10.8 Å². The predicted molar refractivity (Wildman–Crippen MR) is 225 cm³/mol. The van der Waals surface area contributed by atoms with Crippen LogP contribution in [0.2, 0.25) is 0 Å². The third kappa shape index (κ3) is 13.4. The third-order valence-electron chi connectivity index (χ3n) is 11.2. The maximum absolute atomic E-state index is 9.08. The van der Waals surface area contributed by atoms with Crippen LogP contribution in [0.25, 0.3) is 0 Å². The van der Waals surface area contributed by atoms with Crippen molar-refractivity contribution in [1.82, 2.24) is 0 Å². The van der Waals surface area contributed by atoms with Gasteiger partial charge in [-0.25, -0.2) is 0 Å². The number of hydrogen-bond donors (Lipinski definition) is 3. The van der Waals surface area contributed by atoms with Gasteiger partial charge in [0.1, 0.15) is 0 Å². The van der Waals surface area contributed by atoms with Crippen LogP contribution in [0.3, 0.4) is 0 Å². The summed E-state index contributed by atoms with van der Waals surface area (Å²) in [6.45, 7) is 9.30. The van der Waals surface area contributed by atoms with Crippen molar-refractivity contribution in [3.63, 3.8) is 0 Å². The molecule has 0 spiro atoms. The van der Waals surface area contributed by atoms with E-state index in [-0.39, 0.29) is 17.0 Å². The zero-order chi connectivity index (χ0) is 37.3. The molecule has 52 heavy (non-hydrogen) atoms. The fourth-order valence-electron chi connectivity index (χ4n) is 7.54. The van der Waals surface area contributed by atoms with Gasteiger partial charge in [-0.1, -0.05) is 163 Å². The summed E-state index contributed by atoms with van der Waals surface area (Å²) in [7, 11) is -3.83. The SMILES string of the molecule is CC(C)(c1ccccc1)c1ccc(C(CCCCCCC/C=C/CCCCCCCC[PH](O)(O)O)c2ccc(C(C)(C)c3ccccc3)cc2)cc1. The summed E-state index contributed by atoms with van der Waals surface area (Å²) in [6.07, 6.45) is 21.1. The Balaban J connectivity index is 1.27. The van der Waals surface area contributed by atoms with Crippen LogP contribution < -0.4 is 0 Å². The normalized spacial score (nSPS) is 12.9. The van der Waals surface area contributed by atoms with E-state index < -0.39 is 7.94 Å². The molecule has 0 amide bonds. The van der Waals surface area contributed by atoms with E-state index in [9.17, 15) is 0 Å². The summed E-state index contributed by atoms with van der Waals surface area (Å²) in [6, 6.07) is 40.7. The minimum Gasteiger partial charge on any atom is -0.0622 e. The molecule has 4 aromatic carbocycles. The average Bonchev–Trinajstić information content (AvgIpc) is 3.15. The molecule has 4 aromatic rings. The van der Waals surface area contributed by atoms with Gasteiger partial charge in [0.25, 0.3) is 0 Å². The molecule has 0 saturated carbocycles. The molecule has 0 aromatic heterocycles. The quantitative estimate of drug-likeness (QED) is 0.0406. The molecule has 4 heteroatoms. The van der Waals surface area contributed by atoms with Gasteiger partial charge in [0, 0.05) is 16.7 Å².